The van der Waals surface area contributed by atoms with E-state index in [2.05, 4.69) is 59.6 Å². The summed E-state index contributed by atoms with van der Waals surface area (Å²) in [5.41, 5.74) is 6.76. The van der Waals surface area contributed by atoms with Crippen LogP contribution >= 0.6 is 0 Å². The van der Waals surface area contributed by atoms with E-state index < -0.39 is 0 Å². The Kier molecular flexibility index (Phi) is 3.48. The minimum Gasteiger partial charge on any atom is -0.377 e. The molecule has 2 N–H and O–H groups in total. The molecule has 21 heavy (non-hydrogen) atoms. The highest BCUT2D eigenvalue weighted by Crippen LogP contribution is 2.22. The average Bonchev–Trinajstić information content (AvgIpc) is 3.09. The van der Waals surface area contributed by atoms with E-state index in [1.165, 1.54) is 11.1 Å². The molecule has 0 aliphatic heterocycles. The number of hydrogen-bond donors (Lipinski definition) is 2. The van der Waals surface area contributed by atoms with Crippen molar-refractivity contribution in [1.29, 1.82) is 0 Å². The normalized spacial score (nSPS) is 10.8. The van der Waals surface area contributed by atoms with Gasteiger partial charge in [-0.25, -0.2) is 4.68 Å². The quantitative estimate of drug-likeness (QED) is 0.772. The van der Waals surface area contributed by atoms with Crippen molar-refractivity contribution >= 4 is 5.69 Å². The van der Waals surface area contributed by atoms with Gasteiger partial charge in [0, 0.05) is 6.20 Å². The number of aromatic amines is 1. The second kappa shape index (κ2) is 5.44. The van der Waals surface area contributed by atoms with Gasteiger partial charge in [0.2, 0.25) is 0 Å². The standard InChI is InChI=1S/C16H19N5/c1-11-4-5-12(2)16(8-11)21-13(3)15(10-19-21)17-9-14-6-7-18-20-14/h4-8,10,17H,9H2,1-3H3,(H,18,20). The molecular formula is C16H19N5. The number of benzene rings is 1. The molecule has 0 radical (unpaired) electrons. The SMILES string of the molecule is Cc1ccc(C)c(-n2ncc(NCc3ccn[nH]3)c2C)c1. The van der Waals surface area contributed by atoms with Gasteiger partial charge in [-0.2, -0.15) is 10.2 Å². The fourth-order valence-electron chi connectivity index (χ4n) is 2.35. The van der Waals surface area contributed by atoms with Crippen LogP contribution in [0.15, 0.2) is 36.7 Å². The summed E-state index contributed by atoms with van der Waals surface area (Å²) in [5, 5.41) is 14.8. The molecule has 3 rings (SSSR count). The van der Waals surface area contributed by atoms with Crippen LogP contribution < -0.4 is 5.32 Å². The van der Waals surface area contributed by atoms with Crippen molar-refractivity contribution in [2.45, 2.75) is 27.3 Å². The van der Waals surface area contributed by atoms with Gasteiger partial charge in [0.25, 0.3) is 0 Å². The molecular weight excluding hydrogens is 262 g/mol. The Hall–Kier alpha value is -2.56. The van der Waals surface area contributed by atoms with Gasteiger partial charge in [-0.3, -0.25) is 5.10 Å². The first-order valence-corrected chi connectivity index (χ1v) is 6.99. The first-order chi connectivity index (χ1) is 10.1. The van der Waals surface area contributed by atoms with Crippen molar-refractivity contribution in [2.24, 2.45) is 0 Å². The van der Waals surface area contributed by atoms with Gasteiger partial charge >= 0.3 is 0 Å². The largest absolute Gasteiger partial charge is 0.377 e. The maximum Gasteiger partial charge on any atom is 0.0764 e. The first-order valence-electron chi connectivity index (χ1n) is 6.99. The highest BCUT2D eigenvalue weighted by molar-refractivity contribution is 5.52. The molecule has 0 aliphatic rings. The molecule has 5 heteroatoms. The van der Waals surface area contributed by atoms with E-state index >= 15 is 0 Å². The molecule has 2 heterocycles. The molecule has 0 amide bonds. The lowest BCUT2D eigenvalue weighted by Gasteiger charge is -2.10. The fourth-order valence-corrected chi connectivity index (χ4v) is 2.35. The van der Waals surface area contributed by atoms with E-state index in [-0.39, 0.29) is 0 Å². The Morgan fingerprint density at radius 2 is 2.05 bits per heavy atom. The molecule has 0 bridgehead atoms. The van der Waals surface area contributed by atoms with Gasteiger partial charge in [0.05, 0.1) is 35.5 Å². The minimum absolute atomic E-state index is 0.708. The van der Waals surface area contributed by atoms with Crippen molar-refractivity contribution < 1.29 is 0 Å². The van der Waals surface area contributed by atoms with Crippen molar-refractivity contribution in [3.05, 3.63) is 59.2 Å². The Morgan fingerprint density at radius 3 is 2.81 bits per heavy atom. The number of hydrogen-bond acceptors (Lipinski definition) is 3. The molecule has 0 unspecified atom stereocenters. The molecule has 0 aliphatic carbocycles. The molecule has 108 valence electrons. The second-order valence-corrected chi connectivity index (χ2v) is 5.28. The summed E-state index contributed by atoms with van der Waals surface area (Å²) in [6.07, 6.45) is 3.62. The van der Waals surface area contributed by atoms with E-state index in [1.54, 1.807) is 6.20 Å². The third-order valence-corrected chi connectivity index (χ3v) is 3.63. The topological polar surface area (TPSA) is 58.5 Å². The van der Waals surface area contributed by atoms with E-state index in [0.717, 1.165) is 22.8 Å². The molecule has 3 aromatic rings. The summed E-state index contributed by atoms with van der Waals surface area (Å²) in [5.74, 6) is 0. The molecule has 0 saturated heterocycles. The van der Waals surface area contributed by atoms with Gasteiger partial charge in [-0.1, -0.05) is 12.1 Å². The number of nitrogens with one attached hydrogen (secondary N) is 2. The monoisotopic (exact) mass is 281 g/mol. The number of aromatic nitrogens is 4. The van der Waals surface area contributed by atoms with Gasteiger partial charge in [-0.05, 0) is 44.0 Å². The predicted molar refractivity (Wildman–Crippen MR) is 83.7 cm³/mol. The predicted octanol–water partition coefficient (Wildman–Crippen LogP) is 3.13. The highest BCUT2D eigenvalue weighted by Gasteiger charge is 2.10. The molecule has 0 saturated carbocycles. The first kappa shape index (κ1) is 13.4. The van der Waals surface area contributed by atoms with Crippen molar-refractivity contribution in [1.82, 2.24) is 20.0 Å². The maximum atomic E-state index is 4.52. The lowest BCUT2D eigenvalue weighted by molar-refractivity contribution is 0.839. The minimum atomic E-state index is 0.708. The summed E-state index contributed by atoms with van der Waals surface area (Å²) in [6, 6.07) is 8.37. The summed E-state index contributed by atoms with van der Waals surface area (Å²) >= 11 is 0. The maximum absolute atomic E-state index is 4.52. The average molecular weight is 281 g/mol. The van der Waals surface area contributed by atoms with Gasteiger partial charge in [0.15, 0.2) is 0 Å². The van der Waals surface area contributed by atoms with Crippen LogP contribution in [0.5, 0.6) is 0 Å². The van der Waals surface area contributed by atoms with E-state index in [9.17, 15) is 0 Å². The Labute approximate surface area is 124 Å². The summed E-state index contributed by atoms with van der Waals surface area (Å²) in [4.78, 5) is 0. The zero-order valence-corrected chi connectivity index (χ0v) is 12.5. The van der Waals surface area contributed by atoms with E-state index in [1.807, 2.05) is 16.9 Å². The van der Waals surface area contributed by atoms with Crippen LogP contribution in [0.3, 0.4) is 0 Å². The zero-order chi connectivity index (χ0) is 14.8. The van der Waals surface area contributed by atoms with Crippen molar-refractivity contribution in [2.75, 3.05) is 5.32 Å². The van der Waals surface area contributed by atoms with Gasteiger partial charge in [-0.15, -0.1) is 0 Å². The van der Waals surface area contributed by atoms with Crippen LogP contribution in [0.2, 0.25) is 0 Å². The third-order valence-electron chi connectivity index (χ3n) is 3.63. The number of nitrogens with zero attached hydrogens (tertiary/aromatic N) is 3. The number of rotatable bonds is 4. The van der Waals surface area contributed by atoms with Crippen LogP contribution in [0.1, 0.15) is 22.5 Å². The van der Waals surface area contributed by atoms with Crippen LogP contribution in [-0.2, 0) is 6.54 Å². The van der Waals surface area contributed by atoms with Crippen LogP contribution in [0.25, 0.3) is 5.69 Å². The van der Waals surface area contributed by atoms with Crippen molar-refractivity contribution in [3.63, 3.8) is 0 Å². The van der Waals surface area contributed by atoms with E-state index in [4.69, 9.17) is 0 Å². The van der Waals surface area contributed by atoms with E-state index in [0.29, 0.717) is 6.54 Å². The number of anilines is 1. The molecule has 0 atom stereocenters. The number of H-pyrrole nitrogens is 1. The molecule has 5 nitrogen and oxygen atoms in total. The van der Waals surface area contributed by atoms with Crippen LogP contribution in [-0.4, -0.2) is 20.0 Å². The molecule has 0 fully saturated rings. The third kappa shape index (κ3) is 2.67. The smallest absolute Gasteiger partial charge is 0.0764 e. The second-order valence-electron chi connectivity index (χ2n) is 5.28. The fraction of sp³-hybridized carbons (Fsp3) is 0.250. The Balaban J connectivity index is 1.86. The summed E-state index contributed by atoms with van der Waals surface area (Å²) < 4.78 is 1.98. The highest BCUT2D eigenvalue weighted by atomic mass is 15.3. The zero-order valence-electron chi connectivity index (χ0n) is 12.5. The molecule has 2 aromatic heterocycles. The Morgan fingerprint density at radius 1 is 1.19 bits per heavy atom. The van der Waals surface area contributed by atoms with Crippen molar-refractivity contribution in [3.8, 4) is 5.69 Å². The molecule has 1 aromatic carbocycles. The summed E-state index contributed by atoms with van der Waals surface area (Å²) in [7, 11) is 0. The summed E-state index contributed by atoms with van der Waals surface area (Å²) in [6.45, 7) is 6.98. The van der Waals surface area contributed by atoms with Gasteiger partial charge < -0.3 is 5.32 Å². The lowest BCUT2D eigenvalue weighted by atomic mass is 10.1. The lowest BCUT2D eigenvalue weighted by Crippen LogP contribution is -2.04. The number of aryl methyl sites for hydroxylation is 2. The van der Waals surface area contributed by atoms with Crippen LogP contribution in [0, 0.1) is 20.8 Å². The van der Waals surface area contributed by atoms with Crippen LogP contribution in [0.4, 0.5) is 5.69 Å². The molecule has 0 spiro atoms. The van der Waals surface area contributed by atoms with Gasteiger partial charge in [0.1, 0.15) is 0 Å². The Bertz CT molecular complexity index is 740.